The van der Waals surface area contributed by atoms with Crippen molar-refractivity contribution in [3.8, 4) is 6.07 Å². The highest BCUT2D eigenvalue weighted by molar-refractivity contribution is 8.28. The van der Waals surface area contributed by atoms with Crippen LogP contribution in [0, 0.1) is 11.3 Å². The maximum Gasteiger partial charge on any atom is 0.0622 e. The predicted octanol–water partition coefficient (Wildman–Crippen LogP) is 2.24. The third-order valence-corrected chi connectivity index (χ3v) is 2.18. The first kappa shape index (κ1) is 8.77. The van der Waals surface area contributed by atoms with E-state index in [1.54, 1.807) is 12.5 Å². The Bertz CT molecular complexity index is 111. The summed E-state index contributed by atoms with van der Waals surface area (Å²) >= 11 is 0. The quantitative estimate of drug-likeness (QED) is 0.564. The maximum atomic E-state index is 12.7. The van der Waals surface area contributed by atoms with E-state index in [9.17, 15) is 3.89 Å². The third-order valence-electron chi connectivity index (χ3n) is 0.918. The second-order valence-corrected chi connectivity index (χ2v) is 5.58. The summed E-state index contributed by atoms with van der Waals surface area (Å²) in [5, 5.41) is 8.10. The van der Waals surface area contributed by atoms with Gasteiger partial charge >= 0.3 is 0 Å². The number of hydrogen-bond acceptors (Lipinski definition) is 1. The molecule has 0 saturated heterocycles. The summed E-state index contributed by atoms with van der Waals surface area (Å²) in [5.74, 6) is 0.570. The molecule has 0 radical (unpaired) electrons. The van der Waals surface area contributed by atoms with Crippen LogP contribution in [0.25, 0.3) is 0 Å². The van der Waals surface area contributed by atoms with Crippen molar-refractivity contribution in [2.45, 2.75) is 12.8 Å². The molecule has 0 aromatic heterocycles. The Morgan fingerprint density at radius 1 is 1.56 bits per heavy atom. The molecule has 54 valence electrons. The monoisotopic (exact) mass is 149 g/mol. The molecule has 0 aliphatic heterocycles. The first-order valence-corrected chi connectivity index (χ1v) is 5.36. The summed E-state index contributed by atoms with van der Waals surface area (Å²) in [6.07, 6.45) is 4.42. The molecule has 0 aromatic rings. The van der Waals surface area contributed by atoms with Gasteiger partial charge in [0, 0.05) is 12.2 Å². The normalized spacial score (nSPS) is 12.7. The highest BCUT2D eigenvalue weighted by atomic mass is 32.3. The average Bonchev–Trinajstić information content (AvgIpc) is 1.63. The van der Waals surface area contributed by atoms with Gasteiger partial charge in [-0.1, -0.05) is 10.4 Å². The Morgan fingerprint density at radius 3 is 2.44 bits per heavy atom. The first-order valence-electron chi connectivity index (χ1n) is 2.84. The third kappa shape index (κ3) is 7.77. The lowest BCUT2D eigenvalue weighted by molar-refractivity contribution is 0.871. The molecule has 0 spiro atoms. The Hall–Kier alpha value is -0.230. The second-order valence-electron chi connectivity index (χ2n) is 2.37. The van der Waals surface area contributed by atoms with Crippen molar-refractivity contribution in [2.24, 2.45) is 0 Å². The molecule has 3 heteroatoms. The van der Waals surface area contributed by atoms with Gasteiger partial charge in [0.15, 0.2) is 0 Å². The molecular weight excluding hydrogens is 137 g/mol. The van der Waals surface area contributed by atoms with Crippen LogP contribution < -0.4 is 0 Å². The topological polar surface area (TPSA) is 23.8 Å². The summed E-state index contributed by atoms with van der Waals surface area (Å²) in [4.78, 5) is 0. The van der Waals surface area contributed by atoms with Gasteiger partial charge in [-0.05, 0) is 18.9 Å². The van der Waals surface area contributed by atoms with Crippen molar-refractivity contribution in [1.82, 2.24) is 0 Å². The zero-order chi connectivity index (χ0) is 7.33. The van der Waals surface area contributed by atoms with E-state index in [0.29, 0.717) is 18.6 Å². The molecule has 0 unspecified atom stereocenters. The molecule has 0 aliphatic carbocycles. The molecule has 0 N–H and O–H groups in total. The lowest BCUT2D eigenvalue weighted by Crippen LogP contribution is -1.93. The molecule has 0 atom stereocenters. The fourth-order valence-electron chi connectivity index (χ4n) is 0.494. The molecule has 9 heavy (non-hydrogen) atoms. The van der Waals surface area contributed by atoms with Crippen molar-refractivity contribution in [2.75, 3.05) is 18.3 Å². The van der Waals surface area contributed by atoms with E-state index in [2.05, 4.69) is 0 Å². The number of halogens is 1. The predicted molar refractivity (Wildman–Crippen MR) is 40.3 cm³/mol. The molecule has 0 fully saturated rings. The lowest BCUT2D eigenvalue weighted by atomic mass is 10.4. The Balaban J connectivity index is 3.20. The van der Waals surface area contributed by atoms with Crippen molar-refractivity contribution >= 4 is 10.4 Å². The van der Waals surface area contributed by atoms with Crippen molar-refractivity contribution in [3.05, 3.63) is 0 Å². The van der Waals surface area contributed by atoms with E-state index in [1.165, 1.54) is 0 Å². The van der Waals surface area contributed by atoms with Crippen molar-refractivity contribution in [3.63, 3.8) is 0 Å². The van der Waals surface area contributed by atoms with Gasteiger partial charge in [-0.3, -0.25) is 0 Å². The molecule has 0 aliphatic rings. The van der Waals surface area contributed by atoms with E-state index in [1.807, 2.05) is 6.07 Å². The van der Waals surface area contributed by atoms with Gasteiger partial charge in [0.25, 0.3) is 0 Å². The molecule has 1 nitrogen and oxygen atoms in total. The zero-order valence-electron chi connectivity index (χ0n) is 5.85. The van der Waals surface area contributed by atoms with Gasteiger partial charge < -0.3 is 0 Å². The number of hydrogen-bond donors (Lipinski definition) is 0. The SMILES string of the molecule is CS(C)(F)CCCC#N. The van der Waals surface area contributed by atoms with E-state index in [4.69, 9.17) is 5.26 Å². The summed E-state index contributed by atoms with van der Waals surface area (Å²) in [6, 6.07) is 1.99. The van der Waals surface area contributed by atoms with Gasteiger partial charge in [0.1, 0.15) is 0 Å². The van der Waals surface area contributed by atoms with Crippen molar-refractivity contribution < 1.29 is 3.89 Å². The average molecular weight is 149 g/mol. The number of rotatable bonds is 3. The van der Waals surface area contributed by atoms with Gasteiger partial charge in [0.2, 0.25) is 0 Å². The number of nitriles is 1. The fourth-order valence-corrected chi connectivity index (χ4v) is 1.33. The Kier molecular flexibility index (Phi) is 3.64. The van der Waals surface area contributed by atoms with Crippen LogP contribution in [0.1, 0.15) is 12.8 Å². The van der Waals surface area contributed by atoms with Crippen molar-refractivity contribution in [1.29, 1.82) is 5.26 Å². The zero-order valence-corrected chi connectivity index (χ0v) is 6.67. The van der Waals surface area contributed by atoms with E-state index >= 15 is 0 Å². The highest BCUT2D eigenvalue weighted by Gasteiger charge is 2.06. The van der Waals surface area contributed by atoms with Crippen LogP contribution in [0.2, 0.25) is 0 Å². The van der Waals surface area contributed by atoms with Gasteiger partial charge in [-0.25, -0.2) is 0 Å². The molecular formula is C6H12FNS. The lowest BCUT2D eigenvalue weighted by Gasteiger charge is -2.17. The fraction of sp³-hybridized carbons (Fsp3) is 0.833. The second kappa shape index (κ2) is 3.73. The summed E-state index contributed by atoms with van der Waals surface area (Å²) in [6.45, 7) is 0. The molecule has 0 rings (SSSR count). The first-order chi connectivity index (χ1) is 4.06. The van der Waals surface area contributed by atoms with E-state index in [0.717, 1.165) is 0 Å². The van der Waals surface area contributed by atoms with Crippen LogP contribution in [0.5, 0.6) is 0 Å². The van der Waals surface area contributed by atoms with Gasteiger partial charge in [0.05, 0.1) is 6.07 Å². The van der Waals surface area contributed by atoms with E-state index in [-0.39, 0.29) is 0 Å². The van der Waals surface area contributed by atoms with Gasteiger partial charge in [-0.15, -0.1) is 0 Å². The largest absolute Gasteiger partial charge is 0.198 e. The molecule has 0 heterocycles. The number of unbranched alkanes of at least 4 members (excludes halogenated alkanes) is 1. The number of nitrogens with zero attached hydrogens (tertiary/aromatic N) is 1. The molecule has 0 aromatic carbocycles. The van der Waals surface area contributed by atoms with Crippen LogP contribution in [-0.2, 0) is 0 Å². The Morgan fingerprint density at radius 2 is 2.11 bits per heavy atom. The minimum atomic E-state index is -1.85. The highest BCUT2D eigenvalue weighted by Crippen LogP contribution is 2.41. The molecule has 0 saturated carbocycles. The van der Waals surface area contributed by atoms with Crippen LogP contribution in [0.3, 0.4) is 0 Å². The molecule has 0 bridgehead atoms. The van der Waals surface area contributed by atoms with E-state index < -0.39 is 10.4 Å². The Labute approximate surface area is 57.5 Å². The van der Waals surface area contributed by atoms with Crippen LogP contribution >= 0.6 is 10.4 Å². The minimum Gasteiger partial charge on any atom is -0.198 e. The maximum absolute atomic E-state index is 12.7. The van der Waals surface area contributed by atoms with Gasteiger partial charge in [-0.2, -0.15) is 9.15 Å². The minimum absolute atomic E-state index is 0.486. The summed E-state index contributed by atoms with van der Waals surface area (Å²) < 4.78 is 12.7. The summed E-state index contributed by atoms with van der Waals surface area (Å²) in [7, 11) is -1.85. The van der Waals surface area contributed by atoms with Crippen LogP contribution in [0.4, 0.5) is 3.89 Å². The summed E-state index contributed by atoms with van der Waals surface area (Å²) in [5.41, 5.74) is 0. The smallest absolute Gasteiger partial charge is 0.0622 e. The molecule has 0 amide bonds. The van der Waals surface area contributed by atoms with Crippen LogP contribution in [-0.4, -0.2) is 18.3 Å². The standard InChI is InChI=1S/C6H12FNS/c1-9(2,7)6-4-3-5-8/h3-4,6H2,1-2H3. The van der Waals surface area contributed by atoms with Crippen LogP contribution in [0.15, 0.2) is 0 Å².